The normalized spacial score (nSPS) is 19.6. The maximum atomic E-state index is 12.4. The highest BCUT2D eigenvalue weighted by atomic mass is 16.5. The van der Waals surface area contributed by atoms with E-state index in [9.17, 15) is 4.79 Å². The van der Waals surface area contributed by atoms with Gasteiger partial charge < -0.3 is 15.0 Å². The van der Waals surface area contributed by atoms with Crippen LogP contribution in [0.25, 0.3) is 0 Å². The molecule has 0 bridgehead atoms. The van der Waals surface area contributed by atoms with E-state index in [4.69, 9.17) is 4.74 Å². The molecular formula is C20H30N2O2. The number of piperidine rings is 1. The topological polar surface area (TPSA) is 41.6 Å². The molecule has 4 heteroatoms. The molecule has 1 aromatic carbocycles. The number of benzene rings is 1. The number of ether oxygens (including phenoxy) is 1. The Morgan fingerprint density at radius 1 is 1.08 bits per heavy atom. The smallest absolute Gasteiger partial charge is 0.225 e. The van der Waals surface area contributed by atoms with Crippen LogP contribution in [-0.4, -0.2) is 43.6 Å². The van der Waals surface area contributed by atoms with E-state index in [1.807, 2.05) is 30.3 Å². The molecule has 2 aliphatic rings. The molecule has 1 N–H and O–H groups in total. The molecule has 4 nitrogen and oxygen atoms in total. The highest BCUT2D eigenvalue weighted by Crippen LogP contribution is 2.28. The van der Waals surface area contributed by atoms with E-state index in [1.54, 1.807) is 0 Å². The van der Waals surface area contributed by atoms with Gasteiger partial charge >= 0.3 is 0 Å². The van der Waals surface area contributed by atoms with Gasteiger partial charge in [0.25, 0.3) is 0 Å². The minimum absolute atomic E-state index is 0.329. The minimum atomic E-state index is 0.329. The predicted octanol–water partition coefficient (Wildman–Crippen LogP) is 3.08. The van der Waals surface area contributed by atoms with Crippen LogP contribution in [0.1, 0.15) is 38.5 Å². The summed E-state index contributed by atoms with van der Waals surface area (Å²) in [5.74, 6) is 2.37. The largest absolute Gasteiger partial charge is 0.492 e. The third-order valence-corrected chi connectivity index (χ3v) is 5.35. The van der Waals surface area contributed by atoms with Crippen molar-refractivity contribution in [3.63, 3.8) is 0 Å². The van der Waals surface area contributed by atoms with Gasteiger partial charge in [0.1, 0.15) is 12.4 Å². The minimum Gasteiger partial charge on any atom is -0.492 e. The Balaban J connectivity index is 1.26. The molecule has 1 aromatic rings. The van der Waals surface area contributed by atoms with Crippen LogP contribution in [0, 0.1) is 11.8 Å². The van der Waals surface area contributed by atoms with Gasteiger partial charge in [0.05, 0.1) is 0 Å². The zero-order valence-corrected chi connectivity index (χ0v) is 14.6. The Bertz CT molecular complexity index is 492. The van der Waals surface area contributed by atoms with Crippen LogP contribution < -0.4 is 10.1 Å². The molecule has 3 rings (SSSR count). The average molecular weight is 330 g/mol. The summed E-state index contributed by atoms with van der Waals surface area (Å²) < 4.78 is 5.69. The molecule has 1 aliphatic carbocycles. The number of rotatable bonds is 7. The number of nitrogens with zero attached hydrogens (tertiary/aromatic N) is 1. The number of carbonyl (C=O) groups is 1. The highest BCUT2D eigenvalue weighted by molar-refractivity contribution is 5.79. The fourth-order valence-corrected chi connectivity index (χ4v) is 3.85. The van der Waals surface area contributed by atoms with Crippen LogP contribution in [0.5, 0.6) is 5.75 Å². The van der Waals surface area contributed by atoms with Gasteiger partial charge in [-0.15, -0.1) is 0 Å². The lowest BCUT2D eigenvalue weighted by atomic mass is 9.95. The molecule has 132 valence electrons. The zero-order valence-electron chi connectivity index (χ0n) is 14.6. The SMILES string of the molecule is O=C(C1CCCC1)N1CCC(CNCCOc2ccccc2)CC1. The fourth-order valence-electron chi connectivity index (χ4n) is 3.85. The van der Waals surface area contributed by atoms with Gasteiger partial charge in [-0.25, -0.2) is 0 Å². The van der Waals surface area contributed by atoms with Crippen LogP contribution in [-0.2, 0) is 4.79 Å². The molecule has 2 fully saturated rings. The van der Waals surface area contributed by atoms with E-state index in [2.05, 4.69) is 10.2 Å². The Morgan fingerprint density at radius 2 is 1.79 bits per heavy atom. The van der Waals surface area contributed by atoms with Gasteiger partial charge in [-0.2, -0.15) is 0 Å². The first-order valence-corrected chi connectivity index (χ1v) is 9.50. The number of carbonyl (C=O) groups excluding carboxylic acids is 1. The molecule has 1 heterocycles. The van der Waals surface area contributed by atoms with Crippen molar-refractivity contribution in [1.29, 1.82) is 0 Å². The van der Waals surface area contributed by atoms with Gasteiger partial charge in [-0.3, -0.25) is 4.79 Å². The first kappa shape index (κ1) is 17.3. The monoisotopic (exact) mass is 330 g/mol. The lowest BCUT2D eigenvalue weighted by Gasteiger charge is -2.33. The standard InChI is InChI=1S/C20H30N2O2/c23-20(18-6-4-5-7-18)22-13-10-17(11-14-22)16-21-12-15-24-19-8-2-1-3-9-19/h1-3,8-9,17-18,21H,4-7,10-16H2. The van der Waals surface area contributed by atoms with E-state index >= 15 is 0 Å². The summed E-state index contributed by atoms with van der Waals surface area (Å²) >= 11 is 0. The van der Waals surface area contributed by atoms with E-state index < -0.39 is 0 Å². The number of hydrogen-bond donors (Lipinski definition) is 1. The molecule has 24 heavy (non-hydrogen) atoms. The third-order valence-electron chi connectivity index (χ3n) is 5.35. The molecule has 0 atom stereocenters. The summed E-state index contributed by atoms with van der Waals surface area (Å²) in [5.41, 5.74) is 0. The van der Waals surface area contributed by atoms with Gasteiger partial charge in [-0.05, 0) is 50.3 Å². The Kier molecular flexibility index (Phi) is 6.53. The molecule has 1 aliphatic heterocycles. The molecule has 0 unspecified atom stereocenters. The number of likely N-dealkylation sites (tertiary alicyclic amines) is 1. The van der Waals surface area contributed by atoms with E-state index in [-0.39, 0.29) is 0 Å². The first-order valence-electron chi connectivity index (χ1n) is 9.50. The van der Waals surface area contributed by atoms with Gasteiger partial charge in [-0.1, -0.05) is 31.0 Å². The van der Waals surface area contributed by atoms with Crippen LogP contribution in [0.4, 0.5) is 0 Å². The van der Waals surface area contributed by atoms with Crippen LogP contribution >= 0.6 is 0 Å². The molecule has 0 spiro atoms. The van der Waals surface area contributed by atoms with Gasteiger partial charge in [0.2, 0.25) is 5.91 Å². The summed E-state index contributed by atoms with van der Waals surface area (Å²) in [5, 5.41) is 3.50. The Hall–Kier alpha value is -1.55. The van der Waals surface area contributed by atoms with Crippen molar-refractivity contribution in [2.45, 2.75) is 38.5 Å². The van der Waals surface area contributed by atoms with E-state index in [1.165, 1.54) is 12.8 Å². The molecule has 1 saturated carbocycles. The summed E-state index contributed by atoms with van der Waals surface area (Å²) in [6.07, 6.45) is 6.96. The summed E-state index contributed by atoms with van der Waals surface area (Å²) in [6, 6.07) is 9.94. The van der Waals surface area contributed by atoms with Crippen molar-refractivity contribution in [3.8, 4) is 5.75 Å². The summed E-state index contributed by atoms with van der Waals surface area (Å²) in [6.45, 7) is 4.49. The second kappa shape index (κ2) is 9.07. The number of nitrogens with one attached hydrogen (secondary N) is 1. The van der Waals surface area contributed by atoms with Gasteiger partial charge in [0.15, 0.2) is 0 Å². The second-order valence-electron chi connectivity index (χ2n) is 7.12. The number of amides is 1. The highest BCUT2D eigenvalue weighted by Gasteiger charge is 2.29. The predicted molar refractivity (Wildman–Crippen MR) is 96.1 cm³/mol. The van der Waals surface area contributed by atoms with Crippen molar-refractivity contribution in [1.82, 2.24) is 10.2 Å². The molecule has 1 amide bonds. The van der Waals surface area contributed by atoms with Crippen molar-refractivity contribution in [3.05, 3.63) is 30.3 Å². The zero-order chi connectivity index (χ0) is 16.6. The third kappa shape index (κ3) is 4.97. The van der Waals surface area contributed by atoms with Gasteiger partial charge in [0, 0.05) is 25.6 Å². The lowest BCUT2D eigenvalue weighted by molar-refractivity contribution is -0.136. The molecule has 0 radical (unpaired) electrons. The average Bonchev–Trinajstić information content (AvgIpc) is 3.17. The second-order valence-corrected chi connectivity index (χ2v) is 7.12. The van der Waals surface area contributed by atoms with Crippen molar-refractivity contribution in [2.75, 3.05) is 32.8 Å². The maximum Gasteiger partial charge on any atom is 0.225 e. The summed E-state index contributed by atoms with van der Waals surface area (Å²) in [7, 11) is 0. The molecular weight excluding hydrogens is 300 g/mol. The fraction of sp³-hybridized carbons (Fsp3) is 0.650. The van der Waals surface area contributed by atoms with E-state index in [0.29, 0.717) is 24.3 Å². The maximum absolute atomic E-state index is 12.4. The van der Waals surface area contributed by atoms with E-state index in [0.717, 1.165) is 57.6 Å². The van der Waals surface area contributed by atoms with Crippen LogP contribution in [0.3, 0.4) is 0 Å². The summed E-state index contributed by atoms with van der Waals surface area (Å²) in [4.78, 5) is 14.6. The first-order chi connectivity index (χ1) is 11.8. The van der Waals surface area contributed by atoms with Crippen molar-refractivity contribution in [2.24, 2.45) is 11.8 Å². The quantitative estimate of drug-likeness (QED) is 0.781. The lowest BCUT2D eigenvalue weighted by Crippen LogP contribution is -2.43. The Morgan fingerprint density at radius 3 is 2.50 bits per heavy atom. The van der Waals surface area contributed by atoms with Crippen LogP contribution in [0.15, 0.2) is 30.3 Å². The van der Waals surface area contributed by atoms with Crippen LogP contribution in [0.2, 0.25) is 0 Å². The van der Waals surface area contributed by atoms with Crippen molar-refractivity contribution >= 4 is 5.91 Å². The number of hydrogen-bond acceptors (Lipinski definition) is 3. The van der Waals surface area contributed by atoms with Crippen molar-refractivity contribution < 1.29 is 9.53 Å². The number of para-hydroxylation sites is 1. The Labute approximate surface area is 145 Å². The molecule has 1 saturated heterocycles. The molecule has 0 aromatic heterocycles.